The van der Waals surface area contributed by atoms with Crippen molar-refractivity contribution in [2.24, 2.45) is 5.92 Å². The molecule has 0 saturated carbocycles. The molecule has 1 rings (SSSR count). The number of nitrogens with zero attached hydrogens (tertiary/aromatic N) is 1. The lowest BCUT2D eigenvalue weighted by Crippen LogP contribution is -2.21. The molecule has 1 saturated heterocycles. The van der Waals surface area contributed by atoms with Crippen LogP contribution in [0, 0.1) is 5.92 Å². The zero-order valence-corrected chi connectivity index (χ0v) is 6.22. The molecule has 9 heavy (non-hydrogen) atoms. The number of hydrogen-bond donors (Lipinski definition) is 0. The van der Waals surface area contributed by atoms with Crippen molar-refractivity contribution in [3.63, 3.8) is 0 Å². The Morgan fingerprint density at radius 3 is 2.56 bits per heavy atom. The summed E-state index contributed by atoms with van der Waals surface area (Å²) in [5.41, 5.74) is 7.44. The molecule has 0 aromatic heterocycles. The van der Waals surface area contributed by atoms with Gasteiger partial charge in [0.05, 0.1) is 0 Å². The van der Waals surface area contributed by atoms with E-state index in [0.717, 1.165) is 6.54 Å². The van der Waals surface area contributed by atoms with Crippen molar-refractivity contribution < 1.29 is 0 Å². The maximum Gasteiger partial charge on any atom is 0.0225 e. The SMILES string of the molecule is CC([NH])C1CCN(C)C1. The van der Waals surface area contributed by atoms with Crippen molar-refractivity contribution in [2.45, 2.75) is 19.4 Å². The van der Waals surface area contributed by atoms with Crippen LogP contribution in [0.5, 0.6) is 0 Å². The molecular weight excluding hydrogens is 112 g/mol. The first-order valence-electron chi connectivity index (χ1n) is 3.60. The maximum atomic E-state index is 7.44. The lowest BCUT2D eigenvalue weighted by atomic mass is 10.0. The summed E-state index contributed by atoms with van der Waals surface area (Å²) in [7, 11) is 2.13. The molecule has 1 heterocycles. The summed E-state index contributed by atoms with van der Waals surface area (Å²) in [6.07, 6.45) is 1.22. The van der Waals surface area contributed by atoms with Gasteiger partial charge in [-0.1, -0.05) is 0 Å². The van der Waals surface area contributed by atoms with Gasteiger partial charge in [0.15, 0.2) is 0 Å². The number of nitrogens with one attached hydrogen (secondary N) is 1. The highest BCUT2D eigenvalue weighted by Crippen LogP contribution is 2.16. The van der Waals surface area contributed by atoms with Crippen LogP contribution in [0.25, 0.3) is 0 Å². The van der Waals surface area contributed by atoms with E-state index in [1.165, 1.54) is 13.0 Å². The van der Waals surface area contributed by atoms with Crippen LogP contribution in [-0.2, 0) is 0 Å². The highest BCUT2D eigenvalue weighted by Gasteiger charge is 2.22. The molecule has 1 aliphatic heterocycles. The second-order valence-electron chi connectivity index (χ2n) is 3.10. The van der Waals surface area contributed by atoms with E-state index < -0.39 is 0 Å². The minimum absolute atomic E-state index is 0.134. The molecule has 0 aromatic rings. The largest absolute Gasteiger partial charge is 0.306 e. The van der Waals surface area contributed by atoms with E-state index in [1.807, 2.05) is 6.92 Å². The summed E-state index contributed by atoms with van der Waals surface area (Å²) in [5, 5.41) is 0. The molecule has 2 atom stereocenters. The monoisotopic (exact) mass is 127 g/mol. The fourth-order valence-corrected chi connectivity index (χ4v) is 1.38. The molecule has 0 aromatic carbocycles. The van der Waals surface area contributed by atoms with Crippen molar-refractivity contribution in [1.82, 2.24) is 10.6 Å². The first-order valence-corrected chi connectivity index (χ1v) is 3.60. The number of rotatable bonds is 1. The van der Waals surface area contributed by atoms with Gasteiger partial charge in [0.1, 0.15) is 0 Å². The smallest absolute Gasteiger partial charge is 0.0225 e. The van der Waals surface area contributed by atoms with E-state index in [-0.39, 0.29) is 6.04 Å². The first kappa shape index (κ1) is 7.03. The molecule has 0 aliphatic carbocycles. The van der Waals surface area contributed by atoms with Crippen LogP contribution in [0.4, 0.5) is 0 Å². The predicted molar refractivity (Wildman–Crippen MR) is 38.2 cm³/mol. The molecular formula is C7H15N2. The van der Waals surface area contributed by atoms with E-state index in [9.17, 15) is 0 Å². The normalized spacial score (nSPS) is 33.0. The van der Waals surface area contributed by atoms with Crippen LogP contribution in [-0.4, -0.2) is 31.1 Å². The third kappa shape index (κ3) is 1.66. The second kappa shape index (κ2) is 2.67. The van der Waals surface area contributed by atoms with Crippen molar-refractivity contribution >= 4 is 0 Å². The minimum Gasteiger partial charge on any atom is -0.306 e. The van der Waals surface area contributed by atoms with E-state index in [0.29, 0.717) is 5.92 Å². The van der Waals surface area contributed by atoms with Gasteiger partial charge < -0.3 is 4.90 Å². The van der Waals surface area contributed by atoms with Crippen molar-refractivity contribution in [3.8, 4) is 0 Å². The van der Waals surface area contributed by atoms with Gasteiger partial charge in [0, 0.05) is 12.6 Å². The number of hydrogen-bond acceptors (Lipinski definition) is 1. The third-order valence-electron chi connectivity index (χ3n) is 2.13. The van der Waals surface area contributed by atoms with Gasteiger partial charge >= 0.3 is 0 Å². The van der Waals surface area contributed by atoms with Crippen molar-refractivity contribution in [2.75, 3.05) is 20.1 Å². The van der Waals surface area contributed by atoms with Gasteiger partial charge in [-0.15, -0.1) is 0 Å². The van der Waals surface area contributed by atoms with Gasteiger partial charge in [-0.25, -0.2) is 0 Å². The number of likely N-dealkylation sites (tertiary alicyclic amines) is 1. The standard InChI is InChI=1S/C7H15N2/c1-6(8)7-3-4-9(2)5-7/h6-8H,3-5H2,1-2H3. The fourth-order valence-electron chi connectivity index (χ4n) is 1.38. The molecule has 1 fully saturated rings. The van der Waals surface area contributed by atoms with Crippen molar-refractivity contribution in [1.29, 1.82) is 0 Å². The average Bonchev–Trinajstić information content (AvgIpc) is 2.14. The summed E-state index contributed by atoms with van der Waals surface area (Å²) >= 11 is 0. The van der Waals surface area contributed by atoms with Crippen LogP contribution in [0.3, 0.4) is 0 Å². The summed E-state index contributed by atoms with van der Waals surface area (Å²) in [4.78, 5) is 2.30. The van der Waals surface area contributed by atoms with Crippen LogP contribution in [0.2, 0.25) is 0 Å². The Labute approximate surface area is 57.0 Å². The zero-order chi connectivity index (χ0) is 6.85. The summed E-state index contributed by atoms with van der Waals surface area (Å²) in [5.74, 6) is 0.634. The van der Waals surface area contributed by atoms with Gasteiger partial charge in [-0.2, -0.15) is 0 Å². The Kier molecular flexibility index (Phi) is 2.09. The van der Waals surface area contributed by atoms with Gasteiger partial charge in [-0.05, 0) is 32.9 Å². The van der Waals surface area contributed by atoms with Crippen molar-refractivity contribution in [3.05, 3.63) is 0 Å². The second-order valence-corrected chi connectivity index (χ2v) is 3.10. The highest BCUT2D eigenvalue weighted by molar-refractivity contribution is 4.78. The Morgan fingerprint density at radius 1 is 1.67 bits per heavy atom. The molecule has 1 radical (unpaired) electrons. The van der Waals surface area contributed by atoms with E-state index >= 15 is 0 Å². The van der Waals surface area contributed by atoms with E-state index in [4.69, 9.17) is 5.73 Å². The van der Waals surface area contributed by atoms with E-state index in [2.05, 4.69) is 11.9 Å². The molecule has 1 N–H and O–H groups in total. The molecule has 2 unspecified atom stereocenters. The molecule has 53 valence electrons. The Morgan fingerprint density at radius 2 is 2.33 bits per heavy atom. The quantitative estimate of drug-likeness (QED) is 0.507. The lowest BCUT2D eigenvalue weighted by molar-refractivity contribution is 0.374. The summed E-state index contributed by atoms with van der Waals surface area (Å²) in [6, 6.07) is 0.134. The molecule has 2 nitrogen and oxygen atoms in total. The first-order chi connectivity index (χ1) is 4.20. The Balaban J connectivity index is 2.30. The van der Waals surface area contributed by atoms with Gasteiger partial charge in [0.2, 0.25) is 0 Å². The highest BCUT2D eigenvalue weighted by atomic mass is 15.1. The summed E-state index contributed by atoms with van der Waals surface area (Å²) < 4.78 is 0. The third-order valence-corrected chi connectivity index (χ3v) is 2.13. The average molecular weight is 127 g/mol. The minimum atomic E-state index is 0.134. The Bertz CT molecular complexity index is 90.9. The Hall–Kier alpha value is -0.0800. The summed E-state index contributed by atoms with van der Waals surface area (Å²) in [6.45, 7) is 4.31. The van der Waals surface area contributed by atoms with Gasteiger partial charge in [0.25, 0.3) is 0 Å². The molecule has 0 bridgehead atoms. The van der Waals surface area contributed by atoms with Gasteiger partial charge in [-0.3, -0.25) is 5.73 Å². The topological polar surface area (TPSA) is 27.0 Å². The molecule has 1 aliphatic rings. The van der Waals surface area contributed by atoms with Crippen LogP contribution in [0.15, 0.2) is 0 Å². The predicted octanol–water partition coefficient (Wildman–Crippen LogP) is 0.609. The van der Waals surface area contributed by atoms with Crippen LogP contribution < -0.4 is 5.73 Å². The molecule has 0 amide bonds. The lowest BCUT2D eigenvalue weighted by Gasteiger charge is -2.12. The van der Waals surface area contributed by atoms with E-state index in [1.54, 1.807) is 0 Å². The zero-order valence-electron chi connectivity index (χ0n) is 6.22. The fraction of sp³-hybridized carbons (Fsp3) is 1.00. The molecule has 0 spiro atoms. The maximum absolute atomic E-state index is 7.44. The van der Waals surface area contributed by atoms with Crippen LogP contribution >= 0.6 is 0 Å². The molecule has 2 heteroatoms. The van der Waals surface area contributed by atoms with Crippen LogP contribution in [0.1, 0.15) is 13.3 Å².